The van der Waals surface area contributed by atoms with E-state index in [1.54, 1.807) is 6.07 Å². The predicted molar refractivity (Wildman–Crippen MR) is 128 cm³/mol. The molecule has 3 aromatic rings. The van der Waals surface area contributed by atoms with Crippen LogP contribution in [0.5, 0.6) is 11.5 Å². The van der Waals surface area contributed by atoms with Gasteiger partial charge in [0, 0.05) is 18.2 Å². The van der Waals surface area contributed by atoms with Crippen LogP contribution < -0.4 is 14.8 Å². The molecule has 9 nitrogen and oxygen atoms in total. The Morgan fingerprint density at radius 1 is 1.09 bits per heavy atom. The van der Waals surface area contributed by atoms with Crippen LogP contribution in [0.25, 0.3) is 6.08 Å². The number of nitrogens with one attached hydrogen (secondary N) is 1. The number of benzene rings is 3. The standard InChI is InChI=1S/C26H21N3O6/c1-17-12-20(9-10-22(17)29(32)33)26(31)35-23-11-8-19(14-24(23)34-2)13-21(15-27)25(30)28-16-18-6-4-3-5-7-18/h3-14H,16H2,1-2H3,(H,28,30)/b21-13+. The number of carbonyl (C=O) groups is 2. The van der Waals surface area contributed by atoms with Crippen molar-refractivity contribution in [2.24, 2.45) is 0 Å². The molecule has 0 atom stereocenters. The molecule has 0 aromatic heterocycles. The summed E-state index contributed by atoms with van der Waals surface area (Å²) in [6.07, 6.45) is 1.40. The summed E-state index contributed by atoms with van der Waals surface area (Å²) in [5.41, 5.74) is 1.64. The zero-order chi connectivity index (χ0) is 25.4. The molecule has 0 aliphatic carbocycles. The number of rotatable bonds is 8. The van der Waals surface area contributed by atoms with Gasteiger partial charge in [-0.1, -0.05) is 36.4 Å². The van der Waals surface area contributed by atoms with Crippen molar-refractivity contribution in [1.82, 2.24) is 5.32 Å². The van der Waals surface area contributed by atoms with Gasteiger partial charge in [-0.2, -0.15) is 5.26 Å². The zero-order valence-corrected chi connectivity index (χ0v) is 19.0. The summed E-state index contributed by atoms with van der Waals surface area (Å²) in [4.78, 5) is 35.4. The van der Waals surface area contributed by atoms with Crippen molar-refractivity contribution in [1.29, 1.82) is 5.26 Å². The highest BCUT2D eigenvalue weighted by molar-refractivity contribution is 6.01. The number of nitro benzene ring substituents is 1. The summed E-state index contributed by atoms with van der Waals surface area (Å²) in [5.74, 6) is -0.938. The van der Waals surface area contributed by atoms with Gasteiger partial charge in [-0.3, -0.25) is 14.9 Å². The van der Waals surface area contributed by atoms with E-state index in [0.29, 0.717) is 11.1 Å². The summed E-state index contributed by atoms with van der Waals surface area (Å²) in [6, 6.07) is 19.7. The number of nitriles is 1. The maximum absolute atomic E-state index is 12.5. The molecule has 0 fully saturated rings. The first-order valence-electron chi connectivity index (χ1n) is 10.4. The average molecular weight is 471 g/mol. The Balaban J connectivity index is 1.75. The minimum absolute atomic E-state index is 0.101. The van der Waals surface area contributed by atoms with Gasteiger partial charge >= 0.3 is 5.97 Å². The maximum Gasteiger partial charge on any atom is 0.343 e. The SMILES string of the molecule is COc1cc(/C=C(\C#N)C(=O)NCc2ccccc2)ccc1OC(=O)c1ccc([N+](=O)[O-])c(C)c1. The molecule has 3 aromatic carbocycles. The van der Waals surface area contributed by atoms with E-state index in [1.165, 1.54) is 50.4 Å². The van der Waals surface area contributed by atoms with E-state index in [2.05, 4.69) is 5.32 Å². The third-order valence-electron chi connectivity index (χ3n) is 4.99. The second-order valence-corrected chi connectivity index (χ2v) is 7.40. The number of methoxy groups -OCH3 is 1. The summed E-state index contributed by atoms with van der Waals surface area (Å²) < 4.78 is 10.7. The van der Waals surface area contributed by atoms with Crippen molar-refractivity contribution in [3.8, 4) is 17.6 Å². The van der Waals surface area contributed by atoms with Crippen LogP contribution in [0.3, 0.4) is 0 Å². The molecule has 1 N–H and O–H groups in total. The molecular formula is C26H21N3O6. The lowest BCUT2D eigenvalue weighted by molar-refractivity contribution is -0.385. The van der Waals surface area contributed by atoms with E-state index >= 15 is 0 Å². The summed E-state index contributed by atoms with van der Waals surface area (Å²) in [5, 5.41) is 23.1. The lowest BCUT2D eigenvalue weighted by Crippen LogP contribution is -2.23. The van der Waals surface area contributed by atoms with Crippen LogP contribution in [0.1, 0.15) is 27.0 Å². The van der Waals surface area contributed by atoms with E-state index < -0.39 is 16.8 Å². The van der Waals surface area contributed by atoms with Crippen LogP contribution in [-0.4, -0.2) is 23.9 Å². The molecule has 0 bridgehead atoms. The van der Waals surface area contributed by atoms with E-state index in [0.717, 1.165) is 5.56 Å². The van der Waals surface area contributed by atoms with Gasteiger partial charge in [-0.05, 0) is 48.4 Å². The monoisotopic (exact) mass is 471 g/mol. The fourth-order valence-corrected chi connectivity index (χ4v) is 3.19. The lowest BCUT2D eigenvalue weighted by Gasteiger charge is -2.11. The highest BCUT2D eigenvalue weighted by atomic mass is 16.6. The largest absolute Gasteiger partial charge is 0.493 e. The quantitative estimate of drug-likeness (QED) is 0.129. The Labute approximate surface area is 201 Å². The number of nitro groups is 1. The second kappa shape index (κ2) is 11.2. The highest BCUT2D eigenvalue weighted by Crippen LogP contribution is 2.30. The van der Waals surface area contributed by atoms with Gasteiger partial charge in [-0.25, -0.2) is 4.79 Å². The fourth-order valence-electron chi connectivity index (χ4n) is 3.19. The fraction of sp³-hybridized carbons (Fsp3) is 0.115. The van der Waals surface area contributed by atoms with E-state index in [9.17, 15) is 25.0 Å². The molecule has 0 spiro atoms. The van der Waals surface area contributed by atoms with Gasteiger partial charge in [0.1, 0.15) is 11.6 Å². The Bertz CT molecular complexity index is 1340. The number of carbonyl (C=O) groups excluding carboxylic acids is 2. The van der Waals surface area contributed by atoms with Crippen molar-refractivity contribution >= 4 is 23.6 Å². The summed E-state index contributed by atoms with van der Waals surface area (Å²) >= 11 is 0. The maximum atomic E-state index is 12.5. The lowest BCUT2D eigenvalue weighted by atomic mass is 10.1. The van der Waals surface area contributed by atoms with Crippen LogP contribution in [0.4, 0.5) is 5.69 Å². The van der Waals surface area contributed by atoms with Crippen molar-refractivity contribution in [3.05, 3.63) is 105 Å². The molecule has 9 heteroatoms. The number of aryl methyl sites for hydroxylation is 1. The molecule has 0 radical (unpaired) electrons. The van der Waals surface area contributed by atoms with E-state index in [1.807, 2.05) is 36.4 Å². The van der Waals surface area contributed by atoms with E-state index in [-0.39, 0.29) is 34.9 Å². The van der Waals surface area contributed by atoms with Crippen molar-refractivity contribution in [2.75, 3.05) is 7.11 Å². The predicted octanol–water partition coefficient (Wildman–Crippen LogP) is 4.35. The topological polar surface area (TPSA) is 132 Å². The Hall–Kier alpha value is -4.97. The van der Waals surface area contributed by atoms with Crippen molar-refractivity contribution in [3.63, 3.8) is 0 Å². The van der Waals surface area contributed by atoms with E-state index in [4.69, 9.17) is 9.47 Å². The summed E-state index contributed by atoms with van der Waals surface area (Å²) in [6.45, 7) is 1.80. The molecule has 3 rings (SSSR count). The molecule has 0 unspecified atom stereocenters. The molecule has 1 amide bonds. The molecule has 0 saturated carbocycles. The number of nitrogens with zero attached hydrogens (tertiary/aromatic N) is 2. The summed E-state index contributed by atoms with van der Waals surface area (Å²) in [7, 11) is 1.38. The van der Waals surface area contributed by atoms with Crippen LogP contribution >= 0.6 is 0 Å². The van der Waals surface area contributed by atoms with Gasteiger partial charge in [-0.15, -0.1) is 0 Å². The number of hydrogen-bond donors (Lipinski definition) is 1. The molecule has 176 valence electrons. The minimum Gasteiger partial charge on any atom is -0.493 e. The zero-order valence-electron chi connectivity index (χ0n) is 19.0. The highest BCUT2D eigenvalue weighted by Gasteiger charge is 2.17. The van der Waals surface area contributed by atoms with Crippen molar-refractivity contribution in [2.45, 2.75) is 13.5 Å². The van der Waals surface area contributed by atoms with Crippen LogP contribution in [0, 0.1) is 28.4 Å². The van der Waals surface area contributed by atoms with Gasteiger partial charge in [0.25, 0.3) is 11.6 Å². The Morgan fingerprint density at radius 2 is 1.83 bits per heavy atom. The minimum atomic E-state index is -0.720. The molecule has 0 heterocycles. The number of amides is 1. The first kappa shape index (κ1) is 24.7. The third kappa shape index (κ3) is 6.30. The molecule has 35 heavy (non-hydrogen) atoms. The third-order valence-corrected chi connectivity index (χ3v) is 4.99. The van der Waals surface area contributed by atoms with Gasteiger partial charge in [0.2, 0.25) is 0 Å². The van der Waals surface area contributed by atoms with Gasteiger partial charge in [0.15, 0.2) is 11.5 Å². The first-order valence-corrected chi connectivity index (χ1v) is 10.4. The molecular weight excluding hydrogens is 450 g/mol. The second-order valence-electron chi connectivity index (χ2n) is 7.40. The Morgan fingerprint density at radius 3 is 2.46 bits per heavy atom. The number of esters is 1. The molecule has 0 aliphatic rings. The van der Waals surface area contributed by atoms with Gasteiger partial charge in [0.05, 0.1) is 17.6 Å². The van der Waals surface area contributed by atoms with Crippen LogP contribution in [0.15, 0.2) is 72.3 Å². The number of hydrogen-bond acceptors (Lipinski definition) is 7. The average Bonchev–Trinajstić information content (AvgIpc) is 2.86. The molecule has 0 saturated heterocycles. The number of ether oxygens (including phenoxy) is 2. The van der Waals surface area contributed by atoms with Crippen molar-refractivity contribution < 1.29 is 24.0 Å². The first-order chi connectivity index (χ1) is 16.8. The normalized spacial score (nSPS) is 10.7. The van der Waals surface area contributed by atoms with Crippen LogP contribution in [-0.2, 0) is 11.3 Å². The molecule has 0 aliphatic heterocycles. The van der Waals surface area contributed by atoms with Gasteiger partial charge < -0.3 is 14.8 Å². The smallest absolute Gasteiger partial charge is 0.343 e. The Kier molecular flexibility index (Phi) is 7.93. The van der Waals surface area contributed by atoms with Crippen LogP contribution in [0.2, 0.25) is 0 Å².